The quantitative estimate of drug-likeness (QED) is 0.372. The minimum atomic E-state index is -0.299. The van der Waals surface area contributed by atoms with Crippen molar-refractivity contribution in [3.05, 3.63) is 48.5 Å². The first-order chi connectivity index (χ1) is 12.4. The van der Waals surface area contributed by atoms with Gasteiger partial charge in [-0.3, -0.25) is 9.59 Å². The zero-order valence-corrected chi connectivity index (χ0v) is 15.4. The largest absolute Gasteiger partial charge is 0.425 e. The molecule has 0 atom stereocenters. The Bertz CT molecular complexity index is 849. The maximum atomic E-state index is 12.2. The SMILES string of the molecule is CC(C)C(=O)Oc1c2ccccc2c(OC(=O)C(C)C)c2ccccc12. The summed E-state index contributed by atoms with van der Waals surface area (Å²) in [6.07, 6.45) is 0. The molecular formula is C22H22O4. The van der Waals surface area contributed by atoms with E-state index >= 15 is 0 Å². The van der Waals surface area contributed by atoms with Crippen LogP contribution in [0.1, 0.15) is 27.7 Å². The Labute approximate surface area is 152 Å². The van der Waals surface area contributed by atoms with Crippen LogP contribution in [0.3, 0.4) is 0 Å². The first kappa shape index (κ1) is 17.9. The molecule has 4 heteroatoms. The molecule has 0 spiro atoms. The second kappa shape index (κ2) is 7.16. The van der Waals surface area contributed by atoms with Crippen LogP contribution in [0.4, 0.5) is 0 Å². The number of ether oxygens (including phenoxy) is 2. The number of hydrogen-bond acceptors (Lipinski definition) is 4. The molecule has 0 radical (unpaired) electrons. The van der Waals surface area contributed by atoms with E-state index in [1.807, 2.05) is 48.5 Å². The average Bonchev–Trinajstić information content (AvgIpc) is 2.63. The molecule has 3 aromatic carbocycles. The number of carbonyl (C=O) groups excluding carboxylic acids is 2. The number of hydrogen-bond donors (Lipinski definition) is 0. The monoisotopic (exact) mass is 350 g/mol. The molecule has 0 heterocycles. The highest BCUT2D eigenvalue weighted by Crippen LogP contribution is 2.43. The molecule has 0 N–H and O–H groups in total. The molecule has 0 aliphatic carbocycles. The lowest BCUT2D eigenvalue weighted by Gasteiger charge is -2.17. The smallest absolute Gasteiger partial charge is 0.313 e. The molecule has 0 saturated carbocycles. The van der Waals surface area contributed by atoms with Gasteiger partial charge in [0.15, 0.2) is 0 Å². The molecule has 134 valence electrons. The van der Waals surface area contributed by atoms with Crippen LogP contribution in [0.25, 0.3) is 21.5 Å². The van der Waals surface area contributed by atoms with Gasteiger partial charge in [-0.15, -0.1) is 0 Å². The van der Waals surface area contributed by atoms with Crippen LogP contribution in [-0.4, -0.2) is 11.9 Å². The molecule has 0 aliphatic heterocycles. The molecular weight excluding hydrogens is 328 g/mol. The number of carbonyl (C=O) groups is 2. The molecule has 0 amide bonds. The fourth-order valence-corrected chi connectivity index (χ4v) is 2.71. The third-order valence-corrected chi connectivity index (χ3v) is 4.18. The molecule has 0 aromatic heterocycles. The van der Waals surface area contributed by atoms with Crippen LogP contribution in [0.5, 0.6) is 11.5 Å². The molecule has 26 heavy (non-hydrogen) atoms. The lowest BCUT2D eigenvalue weighted by Crippen LogP contribution is -2.16. The van der Waals surface area contributed by atoms with E-state index in [4.69, 9.17) is 9.47 Å². The fourth-order valence-electron chi connectivity index (χ4n) is 2.71. The molecule has 3 rings (SSSR count). The van der Waals surface area contributed by atoms with Crippen LogP contribution in [0, 0.1) is 11.8 Å². The molecule has 0 unspecified atom stereocenters. The van der Waals surface area contributed by atoms with E-state index in [1.165, 1.54) is 0 Å². The van der Waals surface area contributed by atoms with Gasteiger partial charge in [-0.2, -0.15) is 0 Å². The van der Waals surface area contributed by atoms with E-state index in [9.17, 15) is 9.59 Å². The van der Waals surface area contributed by atoms with Gasteiger partial charge in [0.25, 0.3) is 0 Å². The van der Waals surface area contributed by atoms with E-state index in [-0.39, 0.29) is 23.8 Å². The van der Waals surface area contributed by atoms with Crippen molar-refractivity contribution in [2.24, 2.45) is 11.8 Å². The maximum Gasteiger partial charge on any atom is 0.313 e. The van der Waals surface area contributed by atoms with Crippen molar-refractivity contribution in [3.8, 4) is 11.5 Å². The molecule has 0 saturated heterocycles. The summed E-state index contributed by atoms with van der Waals surface area (Å²) in [5, 5.41) is 2.97. The van der Waals surface area contributed by atoms with Gasteiger partial charge >= 0.3 is 11.9 Å². The zero-order chi connectivity index (χ0) is 18.8. The first-order valence-electron chi connectivity index (χ1n) is 8.77. The van der Waals surface area contributed by atoms with Gasteiger partial charge in [0, 0.05) is 21.5 Å². The molecule has 4 nitrogen and oxygen atoms in total. The van der Waals surface area contributed by atoms with Crippen molar-refractivity contribution >= 4 is 33.5 Å². The van der Waals surface area contributed by atoms with E-state index in [0.717, 1.165) is 21.5 Å². The van der Waals surface area contributed by atoms with Crippen molar-refractivity contribution in [1.82, 2.24) is 0 Å². The number of esters is 2. The van der Waals surface area contributed by atoms with Gasteiger partial charge in [-0.1, -0.05) is 76.2 Å². The summed E-state index contributed by atoms with van der Waals surface area (Å²) < 4.78 is 11.5. The lowest BCUT2D eigenvalue weighted by molar-refractivity contribution is -0.138. The predicted molar refractivity (Wildman–Crippen MR) is 102 cm³/mol. The van der Waals surface area contributed by atoms with Gasteiger partial charge in [-0.05, 0) is 0 Å². The Morgan fingerprint density at radius 1 is 0.615 bits per heavy atom. The Morgan fingerprint density at radius 3 is 1.12 bits per heavy atom. The van der Waals surface area contributed by atoms with Crippen LogP contribution in [0.2, 0.25) is 0 Å². The summed E-state index contributed by atoms with van der Waals surface area (Å²) in [5.74, 6) is -0.0881. The Morgan fingerprint density at radius 2 is 0.885 bits per heavy atom. The van der Waals surface area contributed by atoms with E-state index in [0.29, 0.717) is 11.5 Å². The number of benzene rings is 3. The minimum absolute atomic E-state index is 0.244. The second-order valence-corrected chi connectivity index (χ2v) is 6.90. The summed E-state index contributed by atoms with van der Waals surface area (Å²) in [5.41, 5.74) is 0. The van der Waals surface area contributed by atoms with Crippen LogP contribution < -0.4 is 9.47 Å². The summed E-state index contributed by atoms with van der Waals surface area (Å²) in [7, 11) is 0. The standard InChI is InChI=1S/C22H22O4/c1-13(2)21(23)25-19-15-9-5-7-11-17(15)20(26-22(24)14(3)4)18-12-8-6-10-16(18)19/h5-14H,1-4H3. The normalized spacial score (nSPS) is 11.3. The fraction of sp³-hybridized carbons (Fsp3) is 0.273. The third-order valence-electron chi connectivity index (χ3n) is 4.18. The lowest BCUT2D eigenvalue weighted by atomic mass is 10.0. The van der Waals surface area contributed by atoms with Crippen LogP contribution >= 0.6 is 0 Å². The van der Waals surface area contributed by atoms with Crippen LogP contribution in [-0.2, 0) is 9.59 Å². The molecule has 3 aromatic rings. The van der Waals surface area contributed by atoms with E-state index < -0.39 is 0 Å². The van der Waals surface area contributed by atoms with Crippen molar-refractivity contribution in [2.75, 3.05) is 0 Å². The van der Waals surface area contributed by atoms with E-state index in [1.54, 1.807) is 27.7 Å². The number of fused-ring (bicyclic) bond motifs is 2. The molecule has 0 aliphatic rings. The third kappa shape index (κ3) is 3.27. The minimum Gasteiger partial charge on any atom is -0.425 e. The van der Waals surface area contributed by atoms with Crippen molar-refractivity contribution in [2.45, 2.75) is 27.7 Å². The van der Waals surface area contributed by atoms with Gasteiger partial charge in [-0.25, -0.2) is 0 Å². The summed E-state index contributed by atoms with van der Waals surface area (Å²) in [4.78, 5) is 24.5. The summed E-state index contributed by atoms with van der Waals surface area (Å²) in [6, 6.07) is 15.0. The highest BCUT2D eigenvalue weighted by atomic mass is 16.5. The number of rotatable bonds is 4. The summed E-state index contributed by atoms with van der Waals surface area (Å²) in [6.45, 7) is 7.19. The Hall–Kier alpha value is -2.88. The van der Waals surface area contributed by atoms with Crippen molar-refractivity contribution in [3.63, 3.8) is 0 Å². The highest BCUT2D eigenvalue weighted by Gasteiger charge is 2.21. The molecule has 0 fully saturated rings. The van der Waals surface area contributed by atoms with Crippen LogP contribution in [0.15, 0.2) is 48.5 Å². The average molecular weight is 350 g/mol. The van der Waals surface area contributed by atoms with Gasteiger partial charge in [0.2, 0.25) is 0 Å². The second-order valence-electron chi connectivity index (χ2n) is 6.90. The first-order valence-corrected chi connectivity index (χ1v) is 8.77. The topological polar surface area (TPSA) is 52.6 Å². The Balaban J connectivity index is 2.31. The van der Waals surface area contributed by atoms with Gasteiger partial charge in [0.1, 0.15) is 11.5 Å². The van der Waals surface area contributed by atoms with Gasteiger partial charge < -0.3 is 9.47 Å². The van der Waals surface area contributed by atoms with Crippen molar-refractivity contribution < 1.29 is 19.1 Å². The van der Waals surface area contributed by atoms with Crippen molar-refractivity contribution in [1.29, 1.82) is 0 Å². The highest BCUT2D eigenvalue weighted by molar-refractivity contribution is 6.12. The zero-order valence-electron chi connectivity index (χ0n) is 15.4. The van der Waals surface area contributed by atoms with E-state index in [2.05, 4.69) is 0 Å². The maximum absolute atomic E-state index is 12.2. The molecule has 0 bridgehead atoms. The van der Waals surface area contributed by atoms with Gasteiger partial charge in [0.05, 0.1) is 11.8 Å². The predicted octanol–water partition coefficient (Wildman–Crippen LogP) is 5.12. The summed E-state index contributed by atoms with van der Waals surface area (Å²) >= 11 is 0. The Kier molecular flexibility index (Phi) is 4.94.